The van der Waals surface area contributed by atoms with Crippen LogP contribution in [0.15, 0.2) is 17.1 Å². The molecule has 2 nitrogen and oxygen atoms in total. The van der Waals surface area contributed by atoms with Gasteiger partial charge < -0.3 is 5.11 Å². The van der Waals surface area contributed by atoms with Crippen molar-refractivity contribution in [1.82, 2.24) is 0 Å². The molecule has 0 spiro atoms. The number of hydrogen-bond donors (Lipinski definition) is 1. The molecule has 1 aliphatic carbocycles. The highest BCUT2D eigenvalue weighted by atomic mass is 16.3. The molecule has 2 heteroatoms. The highest BCUT2D eigenvalue weighted by Gasteiger charge is 2.17. The first-order valence-electron chi connectivity index (χ1n) is 6.90. The van der Waals surface area contributed by atoms with E-state index < -0.39 is 0 Å². The number of phenols is 1. The second-order valence-corrected chi connectivity index (χ2v) is 5.65. The molecule has 98 valence electrons. The van der Waals surface area contributed by atoms with E-state index in [9.17, 15) is 5.11 Å². The standard InChI is InChI=1S/C16H23NO/c1-11-4-8-14(9-5-11)17-10-15-12(2)6-7-13(3)16(15)18/h6-7,10-11,14,18H,4-5,8-9H2,1-3H3. The minimum absolute atomic E-state index is 0.378. The zero-order valence-corrected chi connectivity index (χ0v) is 11.6. The van der Waals surface area contributed by atoms with Gasteiger partial charge in [0.2, 0.25) is 0 Å². The molecule has 0 amide bonds. The lowest BCUT2D eigenvalue weighted by Gasteiger charge is -2.23. The first kappa shape index (κ1) is 13.1. The smallest absolute Gasteiger partial charge is 0.127 e. The second-order valence-electron chi connectivity index (χ2n) is 5.65. The molecular weight excluding hydrogens is 222 g/mol. The molecule has 0 atom stereocenters. The number of aryl methyl sites for hydroxylation is 2. The number of nitrogens with zero attached hydrogens (tertiary/aromatic N) is 1. The maximum atomic E-state index is 10.1. The van der Waals surface area contributed by atoms with Gasteiger partial charge in [-0.05, 0) is 56.6 Å². The third-order valence-corrected chi connectivity index (χ3v) is 4.04. The monoisotopic (exact) mass is 245 g/mol. The van der Waals surface area contributed by atoms with Crippen LogP contribution >= 0.6 is 0 Å². The number of phenolic OH excluding ortho intramolecular Hbond substituents is 1. The van der Waals surface area contributed by atoms with E-state index in [4.69, 9.17) is 0 Å². The number of aromatic hydroxyl groups is 1. The number of hydrogen-bond acceptors (Lipinski definition) is 2. The van der Waals surface area contributed by atoms with E-state index in [1.54, 1.807) is 0 Å². The lowest BCUT2D eigenvalue weighted by molar-refractivity contribution is 0.350. The van der Waals surface area contributed by atoms with Gasteiger partial charge in [0, 0.05) is 17.8 Å². The average molecular weight is 245 g/mol. The molecule has 1 N–H and O–H groups in total. The van der Waals surface area contributed by atoms with Crippen LogP contribution < -0.4 is 0 Å². The summed E-state index contributed by atoms with van der Waals surface area (Å²) in [6, 6.07) is 4.43. The van der Waals surface area contributed by atoms with Crippen LogP contribution in [0.25, 0.3) is 0 Å². The van der Waals surface area contributed by atoms with E-state index in [-0.39, 0.29) is 0 Å². The Bertz CT molecular complexity index is 443. The van der Waals surface area contributed by atoms with E-state index in [1.807, 2.05) is 32.2 Å². The Morgan fingerprint density at radius 2 is 1.72 bits per heavy atom. The van der Waals surface area contributed by atoms with E-state index in [1.165, 1.54) is 25.7 Å². The molecule has 1 aromatic rings. The van der Waals surface area contributed by atoms with Gasteiger partial charge in [-0.25, -0.2) is 0 Å². The Morgan fingerprint density at radius 1 is 1.11 bits per heavy atom. The van der Waals surface area contributed by atoms with Crippen molar-refractivity contribution in [3.8, 4) is 5.75 Å². The highest BCUT2D eigenvalue weighted by molar-refractivity contribution is 5.86. The minimum Gasteiger partial charge on any atom is -0.507 e. The zero-order valence-electron chi connectivity index (χ0n) is 11.6. The fraction of sp³-hybridized carbons (Fsp3) is 0.562. The normalized spacial score (nSPS) is 24.6. The van der Waals surface area contributed by atoms with Crippen LogP contribution in [0.2, 0.25) is 0 Å². The molecule has 0 radical (unpaired) electrons. The predicted molar refractivity (Wildman–Crippen MR) is 76.6 cm³/mol. The minimum atomic E-state index is 0.378. The number of benzene rings is 1. The molecule has 0 heterocycles. The van der Waals surface area contributed by atoms with Gasteiger partial charge in [0.05, 0.1) is 0 Å². The topological polar surface area (TPSA) is 32.6 Å². The Labute approximate surface area is 110 Å². The van der Waals surface area contributed by atoms with Crippen molar-refractivity contribution in [3.63, 3.8) is 0 Å². The largest absolute Gasteiger partial charge is 0.507 e. The van der Waals surface area contributed by atoms with Crippen LogP contribution in [0, 0.1) is 19.8 Å². The third-order valence-electron chi connectivity index (χ3n) is 4.04. The van der Waals surface area contributed by atoms with Gasteiger partial charge in [-0.2, -0.15) is 0 Å². The van der Waals surface area contributed by atoms with Crippen molar-refractivity contribution >= 4 is 6.21 Å². The van der Waals surface area contributed by atoms with Crippen molar-refractivity contribution in [1.29, 1.82) is 0 Å². The Balaban J connectivity index is 2.11. The maximum absolute atomic E-state index is 10.1. The molecule has 1 fully saturated rings. The van der Waals surface area contributed by atoms with Gasteiger partial charge in [-0.3, -0.25) is 4.99 Å². The van der Waals surface area contributed by atoms with Crippen molar-refractivity contribution in [3.05, 3.63) is 28.8 Å². The fourth-order valence-electron chi connectivity index (χ4n) is 2.55. The van der Waals surface area contributed by atoms with Crippen molar-refractivity contribution in [2.45, 2.75) is 52.5 Å². The van der Waals surface area contributed by atoms with E-state index in [0.29, 0.717) is 11.8 Å². The molecule has 1 aromatic carbocycles. The Morgan fingerprint density at radius 3 is 2.39 bits per heavy atom. The van der Waals surface area contributed by atoms with Crippen LogP contribution in [-0.4, -0.2) is 17.4 Å². The molecule has 0 aromatic heterocycles. The maximum Gasteiger partial charge on any atom is 0.127 e. The van der Waals surface area contributed by atoms with Gasteiger partial charge in [0.1, 0.15) is 5.75 Å². The van der Waals surface area contributed by atoms with Crippen molar-refractivity contribution in [2.75, 3.05) is 0 Å². The summed E-state index contributed by atoms with van der Waals surface area (Å²) >= 11 is 0. The van der Waals surface area contributed by atoms with Gasteiger partial charge in [-0.1, -0.05) is 19.1 Å². The first-order valence-corrected chi connectivity index (χ1v) is 6.90. The Kier molecular flexibility index (Phi) is 4.05. The van der Waals surface area contributed by atoms with Gasteiger partial charge in [-0.15, -0.1) is 0 Å². The van der Waals surface area contributed by atoms with Crippen molar-refractivity contribution < 1.29 is 5.11 Å². The summed E-state index contributed by atoms with van der Waals surface area (Å²) in [7, 11) is 0. The lowest BCUT2D eigenvalue weighted by Crippen LogP contribution is -2.15. The molecule has 0 saturated heterocycles. The summed E-state index contributed by atoms with van der Waals surface area (Å²) in [6.45, 7) is 6.26. The molecule has 1 saturated carbocycles. The van der Waals surface area contributed by atoms with Crippen LogP contribution in [-0.2, 0) is 0 Å². The molecule has 0 unspecified atom stereocenters. The number of rotatable bonds is 2. The average Bonchev–Trinajstić information content (AvgIpc) is 2.36. The molecule has 2 rings (SSSR count). The van der Waals surface area contributed by atoms with Gasteiger partial charge in [0.15, 0.2) is 0 Å². The van der Waals surface area contributed by atoms with Crippen LogP contribution in [0.3, 0.4) is 0 Å². The summed E-state index contributed by atoms with van der Waals surface area (Å²) in [5.74, 6) is 1.23. The van der Waals surface area contributed by atoms with E-state index >= 15 is 0 Å². The predicted octanol–water partition coefficient (Wildman–Crippen LogP) is 4.01. The summed E-state index contributed by atoms with van der Waals surface area (Å²) < 4.78 is 0. The quantitative estimate of drug-likeness (QED) is 0.785. The first-order chi connectivity index (χ1) is 8.58. The zero-order chi connectivity index (χ0) is 13.1. The molecule has 0 bridgehead atoms. The van der Waals surface area contributed by atoms with Gasteiger partial charge in [0.25, 0.3) is 0 Å². The van der Waals surface area contributed by atoms with Crippen molar-refractivity contribution in [2.24, 2.45) is 10.9 Å². The summed E-state index contributed by atoms with van der Waals surface area (Å²) in [4.78, 5) is 4.67. The van der Waals surface area contributed by atoms with E-state index in [2.05, 4.69) is 11.9 Å². The second kappa shape index (κ2) is 5.55. The van der Waals surface area contributed by atoms with Crippen LogP contribution in [0.5, 0.6) is 5.75 Å². The summed E-state index contributed by atoms with van der Waals surface area (Å²) in [5, 5.41) is 10.1. The third kappa shape index (κ3) is 2.92. The Hall–Kier alpha value is -1.31. The molecule has 1 aliphatic rings. The molecule has 18 heavy (non-hydrogen) atoms. The lowest BCUT2D eigenvalue weighted by atomic mass is 9.88. The van der Waals surface area contributed by atoms with Crippen LogP contribution in [0.4, 0.5) is 0 Å². The number of aliphatic imine (C=N–C) groups is 1. The summed E-state index contributed by atoms with van der Waals surface area (Å²) in [5.41, 5.74) is 2.89. The van der Waals surface area contributed by atoms with E-state index in [0.717, 1.165) is 22.6 Å². The highest BCUT2D eigenvalue weighted by Crippen LogP contribution is 2.27. The van der Waals surface area contributed by atoms with Crippen LogP contribution in [0.1, 0.15) is 49.3 Å². The molecule has 0 aliphatic heterocycles. The van der Waals surface area contributed by atoms with Gasteiger partial charge >= 0.3 is 0 Å². The fourth-order valence-corrected chi connectivity index (χ4v) is 2.55. The SMILES string of the molecule is Cc1ccc(C)c(C=NC2CCC(C)CC2)c1O. The summed E-state index contributed by atoms with van der Waals surface area (Å²) in [6.07, 6.45) is 6.80. The molecular formula is C16H23NO.